The van der Waals surface area contributed by atoms with Gasteiger partial charge in [0.2, 0.25) is 0 Å². The molecular weight excluding hydrogens is 184 g/mol. The first-order valence-electron chi connectivity index (χ1n) is 4.02. The fraction of sp³-hybridized carbons (Fsp3) is 0.444. The molecule has 1 heterocycles. The molecule has 1 nitrogen and oxygen atoms in total. The van der Waals surface area contributed by atoms with Gasteiger partial charge < -0.3 is 0 Å². The van der Waals surface area contributed by atoms with Crippen LogP contribution in [0.4, 0.5) is 0 Å². The summed E-state index contributed by atoms with van der Waals surface area (Å²) in [6, 6.07) is 4.05. The van der Waals surface area contributed by atoms with Crippen molar-refractivity contribution in [3.63, 3.8) is 0 Å². The van der Waals surface area contributed by atoms with Crippen LogP contribution >= 0.6 is 11.3 Å². The molecule has 0 fully saturated rings. The topological polar surface area (TPSA) is 17.1 Å². The lowest BCUT2D eigenvalue weighted by Crippen LogP contribution is -2.34. The van der Waals surface area contributed by atoms with E-state index < -0.39 is 8.07 Å². The fourth-order valence-corrected chi connectivity index (χ4v) is 3.72. The van der Waals surface area contributed by atoms with Gasteiger partial charge in [-0.3, -0.25) is 4.79 Å². The number of ketones is 1. The van der Waals surface area contributed by atoms with E-state index in [2.05, 4.69) is 25.7 Å². The Morgan fingerprint density at radius 1 is 1.33 bits per heavy atom. The molecule has 0 aliphatic carbocycles. The Kier molecular flexibility index (Phi) is 2.54. The van der Waals surface area contributed by atoms with Crippen LogP contribution in [0.3, 0.4) is 0 Å². The van der Waals surface area contributed by atoms with E-state index in [0.29, 0.717) is 0 Å². The van der Waals surface area contributed by atoms with Crippen LogP contribution in [-0.4, -0.2) is 13.9 Å². The summed E-state index contributed by atoms with van der Waals surface area (Å²) in [7, 11) is -1.19. The molecule has 66 valence electrons. The van der Waals surface area contributed by atoms with E-state index in [9.17, 15) is 4.79 Å². The summed E-state index contributed by atoms with van der Waals surface area (Å²) in [4.78, 5) is 11.9. The second-order valence-electron chi connectivity index (χ2n) is 3.97. The van der Waals surface area contributed by atoms with Crippen molar-refractivity contribution in [3.05, 3.63) is 17.0 Å². The molecule has 1 rings (SSSR count). The predicted molar refractivity (Wildman–Crippen MR) is 57.3 cm³/mol. The second kappa shape index (κ2) is 3.15. The maximum Gasteiger partial charge on any atom is 0.169 e. The molecule has 3 heteroatoms. The maximum atomic E-state index is 11.0. The molecule has 0 amide bonds. The minimum atomic E-state index is -1.19. The molecule has 0 N–H and O–H groups in total. The summed E-state index contributed by atoms with van der Waals surface area (Å²) in [5.41, 5.74) is 0. The number of thiophene rings is 1. The summed E-state index contributed by atoms with van der Waals surface area (Å²) in [5, 5.41) is 0. The van der Waals surface area contributed by atoms with E-state index in [4.69, 9.17) is 0 Å². The van der Waals surface area contributed by atoms with Gasteiger partial charge in [0, 0.05) is 0 Å². The first-order chi connectivity index (χ1) is 5.41. The Hall–Kier alpha value is -0.413. The molecule has 0 aromatic carbocycles. The summed E-state index contributed by atoms with van der Waals surface area (Å²) < 4.78 is 1.41. The van der Waals surface area contributed by atoms with Crippen LogP contribution < -0.4 is 4.50 Å². The highest BCUT2D eigenvalue weighted by molar-refractivity contribution is 7.27. The largest absolute Gasteiger partial charge is 0.294 e. The van der Waals surface area contributed by atoms with Crippen LogP contribution in [0.5, 0.6) is 0 Å². The van der Waals surface area contributed by atoms with E-state index in [1.54, 1.807) is 18.3 Å². The summed E-state index contributed by atoms with van der Waals surface area (Å²) >= 11 is 1.66. The smallest absolute Gasteiger partial charge is 0.169 e. The van der Waals surface area contributed by atoms with Gasteiger partial charge in [0.15, 0.2) is 5.78 Å². The van der Waals surface area contributed by atoms with Gasteiger partial charge in [-0.05, 0) is 17.5 Å². The van der Waals surface area contributed by atoms with Crippen LogP contribution in [0.2, 0.25) is 19.6 Å². The summed E-state index contributed by atoms with van der Waals surface area (Å²) in [5.74, 6) is 0.185. The van der Waals surface area contributed by atoms with Crippen molar-refractivity contribution in [1.29, 1.82) is 0 Å². The Bertz CT molecular complexity index is 296. The van der Waals surface area contributed by atoms with E-state index in [0.717, 1.165) is 4.88 Å². The van der Waals surface area contributed by atoms with Crippen molar-refractivity contribution in [2.75, 3.05) is 0 Å². The van der Waals surface area contributed by atoms with Crippen LogP contribution in [0.15, 0.2) is 12.1 Å². The fourth-order valence-electron chi connectivity index (χ4n) is 0.930. The number of carbonyl (C=O) groups excluding carboxylic acids is 1. The minimum absolute atomic E-state index is 0.185. The van der Waals surface area contributed by atoms with Gasteiger partial charge in [-0.1, -0.05) is 25.7 Å². The summed E-state index contributed by atoms with van der Waals surface area (Å²) in [6.45, 7) is 8.51. The van der Waals surface area contributed by atoms with E-state index in [-0.39, 0.29) is 5.78 Å². The van der Waals surface area contributed by atoms with Gasteiger partial charge in [-0.25, -0.2) is 0 Å². The van der Waals surface area contributed by atoms with Gasteiger partial charge in [0.05, 0.1) is 13.0 Å². The van der Waals surface area contributed by atoms with Crippen molar-refractivity contribution in [2.45, 2.75) is 26.6 Å². The number of rotatable bonds is 2. The molecule has 0 aliphatic heterocycles. The number of carbonyl (C=O) groups is 1. The zero-order chi connectivity index (χ0) is 9.35. The molecule has 1 aromatic rings. The molecular formula is C9H14OSSi. The average molecular weight is 198 g/mol. The quantitative estimate of drug-likeness (QED) is 0.527. The van der Waals surface area contributed by atoms with Crippen molar-refractivity contribution >= 4 is 29.7 Å². The first-order valence-corrected chi connectivity index (χ1v) is 8.34. The van der Waals surface area contributed by atoms with Crippen molar-refractivity contribution in [3.8, 4) is 0 Å². The van der Waals surface area contributed by atoms with Gasteiger partial charge in [0.1, 0.15) is 0 Å². The minimum Gasteiger partial charge on any atom is -0.294 e. The molecule has 1 aromatic heterocycles. The average Bonchev–Trinajstić information content (AvgIpc) is 2.30. The van der Waals surface area contributed by atoms with Crippen LogP contribution in [-0.2, 0) is 0 Å². The van der Waals surface area contributed by atoms with Gasteiger partial charge >= 0.3 is 0 Å². The molecule has 0 saturated heterocycles. The zero-order valence-corrected chi connectivity index (χ0v) is 9.79. The third kappa shape index (κ3) is 2.05. The Labute approximate surface area is 78.4 Å². The maximum absolute atomic E-state index is 11.0. The molecule has 0 unspecified atom stereocenters. The zero-order valence-electron chi connectivity index (χ0n) is 7.97. The second-order valence-corrected chi connectivity index (χ2v) is 10.5. The normalized spacial score (nSPS) is 11.7. The standard InChI is InChI=1S/C9H14OSSi/c1-7(10)8-5-6-9(11-8)12(2,3)4/h5-6H,1-4H3. The lowest BCUT2D eigenvalue weighted by atomic mass is 10.4. The highest BCUT2D eigenvalue weighted by Gasteiger charge is 2.19. The first kappa shape index (κ1) is 9.67. The molecule has 0 aliphatic rings. The Morgan fingerprint density at radius 3 is 2.17 bits per heavy atom. The predicted octanol–water partition coefficient (Wildman–Crippen LogP) is 2.50. The molecule has 0 spiro atoms. The van der Waals surface area contributed by atoms with Gasteiger partial charge in [-0.15, -0.1) is 11.3 Å². The molecule has 0 radical (unpaired) electrons. The third-order valence-electron chi connectivity index (χ3n) is 1.69. The Balaban J connectivity index is 3.00. The number of Topliss-reactive ketones (excluding diaryl/α,β-unsaturated/α-hetero) is 1. The number of hydrogen-bond donors (Lipinski definition) is 0. The van der Waals surface area contributed by atoms with E-state index in [1.165, 1.54) is 4.50 Å². The van der Waals surface area contributed by atoms with Crippen molar-refractivity contribution in [2.24, 2.45) is 0 Å². The molecule has 0 bridgehead atoms. The third-order valence-corrected chi connectivity index (χ3v) is 6.48. The van der Waals surface area contributed by atoms with E-state index >= 15 is 0 Å². The van der Waals surface area contributed by atoms with Crippen LogP contribution in [0.25, 0.3) is 0 Å². The highest BCUT2D eigenvalue weighted by Crippen LogP contribution is 2.13. The lowest BCUT2D eigenvalue weighted by molar-refractivity contribution is 0.102. The van der Waals surface area contributed by atoms with Gasteiger partial charge in [-0.2, -0.15) is 0 Å². The molecule has 0 atom stereocenters. The van der Waals surface area contributed by atoms with Crippen molar-refractivity contribution < 1.29 is 4.79 Å². The van der Waals surface area contributed by atoms with Crippen LogP contribution in [0.1, 0.15) is 16.6 Å². The van der Waals surface area contributed by atoms with Crippen LogP contribution in [0, 0.1) is 0 Å². The SMILES string of the molecule is CC(=O)c1ccc([Si](C)(C)C)s1. The van der Waals surface area contributed by atoms with E-state index in [1.807, 2.05) is 6.07 Å². The molecule has 12 heavy (non-hydrogen) atoms. The Morgan fingerprint density at radius 2 is 1.92 bits per heavy atom. The monoisotopic (exact) mass is 198 g/mol. The van der Waals surface area contributed by atoms with Crippen molar-refractivity contribution in [1.82, 2.24) is 0 Å². The van der Waals surface area contributed by atoms with Gasteiger partial charge in [0.25, 0.3) is 0 Å². The summed E-state index contributed by atoms with van der Waals surface area (Å²) in [6.07, 6.45) is 0. The number of hydrogen-bond acceptors (Lipinski definition) is 2. The lowest BCUT2D eigenvalue weighted by Gasteiger charge is -2.11. The highest BCUT2D eigenvalue weighted by atomic mass is 32.1. The molecule has 0 saturated carbocycles.